The summed E-state index contributed by atoms with van der Waals surface area (Å²) in [5.41, 5.74) is 0. The van der Waals surface area contributed by atoms with Gasteiger partial charge in [-0.2, -0.15) is 0 Å². The maximum Gasteiger partial charge on any atom is 0.306 e. The lowest BCUT2D eigenvalue weighted by Gasteiger charge is -2.18. The molecule has 0 aliphatic heterocycles. The van der Waals surface area contributed by atoms with Gasteiger partial charge in [-0.3, -0.25) is 14.4 Å². The molecule has 0 aromatic carbocycles. The Balaban J connectivity index is 4.30. The fourth-order valence-electron chi connectivity index (χ4n) is 9.38. The van der Waals surface area contributed by atoms with Crippen LogP contribution >= 0.6 is 0 Å². The van der Waals surface area contributed by atoms with Crippen LogP contribution in [0.1, 0.15) is 335 Å². The first-order chi connectivity index (χ1) is 35.5. The van der Waals surface area contributed by atoms with Crippen molar-refractivity contribution in [3.05, 3.63) is 48.6 Å². The van der Waals surface area contributed by atoms with E-state index in [1.807, 2.05) is 0 Å². The van der Waals surface area contributed by atoms with Gasteiger partial charge < -0.3 is 14.2 Å². The summed E-state index contributed by atoms with van der Waals surface area (Å²) < 4.78 is 16.9. The van der Waals surface area contributed by atoms with Gasteiger partial charge in [0, 0.05) is 19.3 Å². The van der Waals surface area contributed by atoms with E-state index in [1.54, 1.807) is 0 Å². The highest BCUT2D eigenvalue weighted by molar-refractivity contribution is 5.71. The van der Waals surface area contributed by atoms with Gasteiger partial charge in [0.2, 0.25) is 0 Å². The normalized spacial score (nSPS) is 12.3. The van der Waals surface area contributed by atoms with E-state index in [4.69, 9.17) is 14.2 Å². The molecule has 420 valence electrons. The first kappa shape index (κ1) is 69.4. The molecule has 0 fully saturated rings. The molecule has 0 bridgehead atoms. The van der Waals surface area contributed by atoms with E-state index in [9.17, 15) is 14.4 Å². The first-order valence-corrected chi connectivity index (χ1v) is 31.6. The summed E-state index contributed by atoms with van der Waals surface area (Å²) in [5, 5.41) is 0. The van der Waals surface area contributed by atoms with Crippen LogP contribution in [0.25, 0.3) is 0 Å². The predicted octanol–water partition coefficient (Wildman–Crippen LogP) is 21.4. The van der Waals surface area contributed by atoms with Crippen molar-refractivity contribution < 1.29 is 28.6 Å². The van der Waals surface area contributed by atoms with Gasteiger partial charge >= 0.3 is 17.9 Å². The summed E-state index contributed by atoms with van der Waals surface area (Å²) in [7, 11) is 0. The van der Waals surface area contributed by atoms with Gasteiger partial charge in [-0.15, -0.1) is 0 Å². The van der Waals surface area contributed by atoms with E-state index in [2.05, 4.69) is 69.4 Å². The average molecular weight is 1010 g/mol. The number of hydrogen-bond donors (Lipinski definition) is 0. The van der Waals surface area contributed by atoms with Crippen molar-refractivity contribution in [1.82, 2.24) is 0 Å². The van der Waals surface area contributed by atoms with Gasteiger partial charge in [-0.25, -0.2) is 0 Å². The van der Waals surface area contributed by atoms with Crippen LogP contribution in [-0.4, -0.2) is 37.2 Å². The number of esters is 3. The summed E-state index contributed by atoms with van der Waals surface area (Å²) in [6.45, 7) is 6.58. The zero-order valence-electron chi connectivity index (χ0n) is 48.2. The highest BCUT2D eigenvalue weighted by Gasteiger charge is 2.19. The number of allylic oxidation sites excluding steroid dienone is 8. The van der Waals surface area contributed by atoms with Crippen LogP contribution in [0.2, 0.25) is 0 Å². The minimum atomic E-state index is -0.771. The molecule has 1 unspecified atom stereocenters. The molecule has 6 nitrogen and oxygen atoms in total. The Kier molecular flexibility index (Phi) is 58.7. The third-order valence-corrected chi connectivity index (χ3v) is 14.1. The molecule has 0 aromatic rings. The smallest absolute Gasteiger partial charge is 0.306 e. The number of ether oxygens (including phenoxy) is 3. The van der Waals surface area contributed by atoms with Gasteiger partial charge in [0.15, 0.2) is 6.10 Å². The lowest BCUT2D eigenvalue weighted by molar-refractivity contribution is -0.167. The highest BCUT2D eigenvalue weighted by atomic mass is 16.6. The van der Waals surface area contributed by atoms with Gasteiger partial charge in [0.05, 0.1) is 0 Å². The van der Waals surface area contributed by atoms with Crippen LogP contribution in [0.4, 0.5) is 0 Å². The van der Waals surface area contributed by atoms with Gasteiger partial charge in [0.1, 0.15) is 13.2 Å². The molecule has 0 aromatic heterocycles. The summed E-state index contributed by atoms with van der Waals surface area (Å²) in [6.07, 6.45) is 75.4. The molecule has 72 heavy (non-hydrogen) atoms. The molecule has 0 saturated heterocycles. The number of rotatable bonds is 58. The number of carbonyl (C=O) groups is 3. The van der Waals surface area contributed by atoms with Crippen molar-refractivity contribution in [2.75, 3.05) is 13.2 Å². The summed E-state index contributed by atoms with van der Waals surface area (Å²) in [4.78, 5) is 38.3. The Morgan fingerprint density at radius 3 is 0.847 bits per heavy atom. The molecule has 0 spiro atoms. The topological polar surface area (TPSA) is 78.9 Å². The molecule has 1 atom stereocenters. The average Bonchev–Trinajstić information content (AvgIpc) is 3.38. The number of unbranched alkanes of at least 4 members (excludes halogenated alkanes) is 39. The van der Waals surface area contributed by atoms with E-state index >= 15 is 0 Å². The third-order valence-electron chi connectivity index (χ3n) is 14.1. The van der Waals surface area contributed by atoms with Crippen molar-refractivity contribution in [2.24, 2.45) is 0 Å². The van der Waals surface area contributed by atoms with Gasteiger partial charge in [-0.05, 0) is 57.8 Å². The second-order valence-corrected chi connectivity index (χ2v) is 21.3. The summed E-state index contributed by atoms with van der Waals surface area (Å²) in [5.74, 6) is -0.849. The fraction of sp³-hybridized carbons (Fsp3) is 0.833. The molecule has 6 heteroatoms. The third kappa shape index (κ3) is 58.3. The number of hydrogen-bond acceptors (Lipinski definition) is 6. The van der Waals surface area contributed by atoms with E-state index in [0.717, 1.165) is 83.5 Å². The quantitative estimate of drug-likeness (QED) is 0.0261. The van der Waals surface area contributed by atoms with Crippen molar-refractivity contribution in [3.8, 4) is 0 Å². The maximum absolute atomic E-state index is 12.9. The molecular formula is C66H120O6. The van der Waals surface area contributed by atoms with Crippen molar-refractivity contribution in [3.63, 3.8) is 0 Å². The monoisotopic (exact) mass is 1010 g/mol. The minimum absolute atomic E-state index is 0.0686. The zero-order chi connectivity index (χ0) is 52.2. The first-order valence-electron chi connectivity index (χ1n) is 31.6. The maximum atomic E-state index is 12.9. The predicted molar refractivity (Wildman–Crippen MR) is 312 cm³/mol. The lowest BCUT2D eigenvalue weighted by atomic mass is 10.0. The Morgan fingerprint density at radius 2 is 0.542 bits per heavy atom. The van der Waals surface area contributed by atoms with Crippen LogP contribution in [0.5, 0.6) is 0 Å². The van der Waals surface area contributed by atoms with Crippen molar-refractivity contribution in [2.45, 2.75) is 341 Å². The molecule has 0 radical (unpaired) electrons. The van der Waals surface area contributed by atoms with Crippen molar-refractivity contribution >= 4 is 17.9 Å². The molecular weight excluding hydrogens is 889 g/mol. The highest BCUT2D eigenvalue weighted by Crippen LogP contribution is 2.17. The van der Waals surface area contributed by atoms with E-state index in [1.165, 1.54) is 212 Å². The summed E-state index contributed by atoms with van der Waals surface area (Å²) >= 11 is 0. The second kappa shape index (κ2) is 60.9. The van der Waals surface area contributed by atoms with Crippen molar-refractivity contribution in [1.29, 1.82) is 0 Å². The van der Waals surface area contributed by atoms with Gasteiger partial charge in [0.25, 0.3) is 0 Å². The molecule has 0 rings (SSSR count). The Bertz CT molecular complexity index is 1250. The number of carbonyl (C=O) groups excluding carboxylic acids is 3. The minimum Gasteiger partial charge on any atom is -0.462 e. The fourth-order valence-corrected chi connectivity index (χ4v) is 9.38. The summed E-state index contributed by atoms with van der Waals surface area (Å²) in [6, 6.07) is 0. The van der Waals surface area contributed by atoms with Crippen LogP contribution in [0.3, 0.4) is 0 Å². The van der Waals surface area contributed by atoms with E-state index in [-0.39, 0.29) is 31.1 Å². The van der Waals surface area contributed by atoms with Gasteiger partial charge in [-0.1, -0.05) is 307 Å². The Hall–Kier alpha value is -2.63. The van der Waals surface area contributed by atoms with E-state index < -0.39 is 6.10 Å². The second-order valence-electron chi connectivity index (χ2n) is 21.3. The van der Waals surface area contributed by atoms with Crippen LogP contribution in [-0.2, 0) is 28.6 Å². The standard InChI is InChI=1S/C66H120O6/c1-4-7-10-13-16-19-22-25-28-30-31-32-33-34-35-36-39-41-44-47-50-53-56-59-65(68)71-62-63(61-70-64(67)58-55-52-49-46-43-40-37-27-24-21-18-15-12-9-6-3)72-66(69)60-57-54-51-48-45-42-38-29-26-23-20-17-14-11-8-5-2/h7,10,16,19,25,28,31-32,63H,4-6,8-9,11-15,17-18,20-24,26-27,29-30,33-62H2,1-3H3/b10-7-,19-16-,28-25-,32-31-. The molecule has 0 heterocycles. The Morgan fingerprint density at radius 1 is 0.292 bits per heavy atom. The molecule has 0 aliphatic carbocycles. The molecule has 0 aliphatic rings. The molecule has 0 saturated carbocycles. The molecule has 0 amide bonds. The van der Waals surface area contributed by atoms with E-state index in [0.29, 0.717) is 19.3 Å². The van der Waals surface area contributed by atoms with Crippen LogP contribution < -0.4 is 0 Å². The zero-order valence-corrected chi connectivity index (χ0v) is 48.2. The van der Waals surface area contributed by atoms with Crippen LogP contribution in [0, 0.1) is 0 Å². The lowest BCUT2D eigenvalue weighted by Crippen LogP contribution is -2.30. The Labute approximate surface area is 448 Å². The van der Waals surface area contributed by atoms with Crippen LogP contribution in [0.15, 0.2) is 48.6 Å². The SMILES string of the molecule is CC/C=C\C/C=C\C/C=C\C/C=C\CCCCCCCCCCCCC(=O)OCC(COC(=O)CCCCCCCCCCCCCCCCC)OC(=O)CCCCCCCCCCCCCCCCCC. The largest absolute Gasteiger partial charge is 0.462 e. The molecule has 0 N–H and O–H groups in total.